The summed E-state index contributed by atoms with van der Waals surface area (Å²) in [6.45, 7) is 2.24. The number of ether oxygens (including phenoxy) is 1. The minimum Gasteiger partial charge on any atom is -0.403 e. The molecule has 5 heteroatoms. The van der Waals surface area contributed by atoms with Crippen molar-refractivity contribution < 1.29 is 22.3 Å². The highest BCUT2D eigenvalue weighted by molar-refractivity contribution is 5.39. The van der Waals surface area contributed by atoms with E-state index in [1.165, 1.54) is 44.2 Å². The Bertz CT molecular complexity index is 573. The molecule has 0 radical (unpaired) electrons. The Labute approximate surface area is 140 Å². The van der Waals surface area contributed by atoms with E-state index in [1.807, 2.05) is 0 Å². The topological polar surface area (TPSA) is 9.23 Å². The number of rotatable bonds is 3. The first-order valence-corrected chi connectivity index (χ1v) is 8.92. The Hall–Kier alpha value is -1.26. The third-order valence-corrected chi connectivity index (χ3v) is 5.88. The number of hydrogen-bond acceptors (Lipinski definition) is 1. The molecule has 1 aromatic rings. The molecule has 1 fully saturated rings. The molecular formula is C19H24F4O. The Morgan fingerprint density at radius 2 is 1.71 bits per heavy atom. The molecular weight excluding hydrogens is 320 g/mol. The molecule has 0 aliphatic heterocycles. The quantitative estimate of drug-likeness (QED) is 0.607. The maximum Gasteiger partial charge on any atom is 0.573 e. The van der Waals surface area contributed by atoms with Gasteiger partial charge in [0.25, 0.3) is 0 Å². The molecule has 0 heterocycles. The van der Waals surface area contributed by atoms with Crippen LogP contribution in [0.1, 0.15) is 56.6 Å². The third-order valence-electron chi connectivity index (χ3n) is 5.88. The zero-order valence-electron chi connectivity index (χ0n) is 14.0. The normalized spacial score (nSPS) is 27.6. The van der Waals surface area contributed by atoms with E-state index in [2.05, 4.69) is 11.7 Å². The fourth-order valence-corrected chi connectivity index (χ4v) is 4.46. The van der Waals surface area contributed by atoms with Gasteiger partial charge in [-0.3, -0.25) is 0 Å². The van der Waals surface area contributed by atoms with Crippen LogP contribution in [0.5, 0.6) is 5.75 Å². The number of halogens is 4. The van der Waals surface area contributed by atoms with Crippen LogP contribution in [0.3, 0.4) is 0 Å². The molecule has 0 bridgehead atoms. The lowest BCUT2D eigenvalue weighted by molar-refractivity contribution is -0.275. The SMILES string of the molecule is CCC1CCC(C2CCc3cc(OC(F)(F)F)c(F)cc3C2)CC1. The molecule has 0 spiro atoms. The summed E-state index contributed by atoms with van der Waals surface area (Å²) in [5.41, 5.74) is 1.66. The molecule has 24 heavy (non-hydrogen) atoms. The Balaban J connectivity index is 1.69. The smallest absolute Gasteiger partial charge is 0.403 e. The standard InChI is InChI=1S/C19H24F4O/c1-2-12-3-5-13(6-4-12)14-7-8-15-11-18(24-19(21,22)23)17(20)10-16(15)9-14/h10-14H,2-9H2,1H3. The molecule has 134 valence electrons. The van der Waals surface area contributed by atoms with Gasteiger partial charge in [-0.2, -0.15) is 0 Å². The highest BCUT2D eigenvalue weighted by Gasteiger charge is 2.34. The average Bonchev–Trinajstić information content (AvgIpc) is 2.54. The number of hydrogen-bond donors (Lipinski definition) is 0. The van der Waals surface area contributed by atoms with Crippen LogP contribution in [0.4, 0.5) is 17.6 Å². The molecule has 1 saturated carbocycles. The van der Waals surface area contributed by atoms with Gasteiger partial charge < -0.3 is 4.74 Å². The molecule has 0 amide bonds. The highest BCUT2D eigenvalue weighted by Crippen LogP contribution is 2.41. The van der Waals surface area contributed by atoms with Gasteiger partial charge in [-0.1, -0.05) is 26.2 Å². The average molecular weight is 344 g/mol. The van der Waals surface area contributed by atoms with Crippen molar-refractivity contribution in [3.63, 3.8) is 0 Å². The molecule has 1 unspecified atom stereocenters. The van der Waals surface area contributed by atoms with E-state index in [-0.39, 0.29) is 0 Å². The maximum absolute atomic E-state index is 13.9. The summed E-state index contributed by atoms with van der Waals surface area (Å²) in [6, 6.07) is 2.49. The number of benzene rings is 1. The van der Waals surface area contributed by atoms with Crippen LogP contribution in [0.15, 0.2) is 12.1 Å². The first kappa shape index (κ1) is 17.6. The van der Waals surface area contributed by atoms with Crippen LogP contribution >= 0.6 is 0 Å². The zero-order chi connectivity index (χ0) is 17.3. The van der Waals surface area contributed by atoms with Gasteiger partial charge in [-0.25, -0.2) is 4.39 Å². The molecule has 0 N–H and O–H groups in total. The monoisotopic (exact) mass is 344 g/mol. The summed E-state index contributed by atoms with van der Waals surface area (Å²) in [5, 5.41) is 0. The molecule has 2 aliphatic rings. The number of alkyl halides is 3. The second-order valence-electron chi connectivity index (χ2n) is 7.29. The second kappa shape index (κ2) is 6.93. The predicted octanol–water partition coefficient (Wildman–Crippen LogP) is 6.05. The second-order valence-corrected chi connectivity index (χ2v) is 7.29. The summed E-state index contributed by atoms with van der Waals surface area (Å²) in [6.07, 6.45) is 3.87. The van der Waals surface area contributed by atoms with Crippen molar-refractivity contribution in [2.75, 3.05) is 0 Å². The van der Waals surface area contributed by atoms with Crippen LogP contribution in [0.25, 0.3) is 0 Å². The lowest BCUT2D eigenvalue weighted by Gasteiger charge is -2.36. The molecule has 3 rings (SSSR count). The predicted molar refractivity (Wildman–Crippen MR) is 84.3 cm³/mol. The molecule has 0 aromatic heterocycles. The highest BCUT2D eigenvalue weighted by atomic mass is 19.4. The van der Waals surface area contributed by atoms with Crippen molar-refractivity contribution in [2.24, 2.45) is 17.8 Å². The van der Waals surface area contributed by atoms with E-state index >= 15 is 0 Å². The molecule has 1 atom stereocenters. The van der Waals surface area contributed by atoms with Gasteiger partial charge in [0.05, 0.1) is 0 Å². The van der Waals surface area contributed by atoms with Crippen LogP contribution in [0, 0.1) is 23.6 Å². The molecule has 1 aromatic carbocycles. The van der Waals surface area contributed by atoms with Gasteiger partial charge in [-0.05, 0) is 73.1 Å². The minimum atomic E-state index is -4.86. The Kier molecular flexibility index (Phi) is 5.07. The summed E-state index contributed by atoms with van der Waals surface area (Å²) in [4.78, 5) is 0. The van der Waals surface area contributed by atoms with Crippen LogP contribution in [-0.2, 0) is 12.8 Å². The van der Waals surface area contributed by atoms with Gasteiger partial charge in [0.15, 0.2) is 11.6 Å². The van der Waals surface area contributed by atoms with E-state index in [0.717, 1.165) is 29.9 Å². The minimum absolute atomic E-state index is 0.532. The lowest BCUT2D eigenvalue weighted by atomic mass is 9.69. The van der Waals surface area contributed by atoms with Crippen molar-refractivity contribution in [2.45, 2.75) is 64.7 Å². The summed E-state index contributed by atoms with van der Waals surface area (Å²) in [7, 11) is 0. The van der Waals surface area contributed by atoms with Crippen molar-refractivity contribution in [3.8, 4) is 5.75 Å². The van der Waals surface area contributed by atoms with Crippen LogP contribution in [0.2, 0.25) is 0 Å². The first-order chi connectivity index (χ1) is 11.4. The van der Waals surface area contributed by atoms with Crippen LogP contribution < -0.4 is 4.74 Å². The lowest BCUT2D eigenvalue weighted by Crippen LogP contribution is -2.27. The van der Waals surface area contributed by atoms with E-state index in [1.54, 1.807) is 0 Å². The van der Waals surface area contributed by atoms with Gasteiger partial charge in [-0.15, -0.1) is 13.2 Å². The molecule has 2 aliphatic carbocycles. The first-order valence-electron chi connectivity index (χ1n) is 8.92. The van der Waals surface area contributed by atoms with E-state index in [4.69, 9.17) is 0 Å². The summed E-state index contributed by atoms with van der Waals surface area (Å²) in [5.74, 6) is 0.431. The number of aryl methyl sites for hydroxylation is 1. The molecule has 0 saturated heterocycles. The Morgan fingerprint density at radius 3 is 2.33 bits per heavy atom. The van der Waals surface area contributed by atoms with E-state index in [9.17, 15) is 17.6 Å². The zero-order valence-corrected chi connectivity index (χ0v) is 14.0. The van der Waals surface area contributed by atoms with Gasteiger partial charge in [0, 0.05) is 0 Å². The van der Waals surface area contributed by atoms with Gasteiger partial charge in [0.2, 0.25) is 0 Å². The van der Waals surface area contributed by atoms with Gasteiger partial charge >= 0.3 is 6.36 Å². The summed E-state index contributed by atoms with van der Waals surface area (Å²) >= 11 is 0. The fraction of sp³-hybridized carbons (Fsp3) is 0.684. The third kappa shape index (κ3) is 4.04. The maximum atomic E-state index is 13.9. The molecule has 1 nitrogen and oxygen atoms in total. The fourth-order valence-electron chi connectivity index (χ4n) is 4.46. The van der Waals surface area contributed by atoms with E-state index < -0.39 is 17.9 Å². The van der Waals surface area contributed by atoms with E-state index in [0.29, 0.717) is 18.3 Å². The van der Waals surface area contributed by atoms with Crippen molar-refractivity contribution in [1.29, 1.82) is 0 Å². The van der Waals surface area contributed by atoms with Gasteiger partial charge in [0.1, 0.15) is 0 Å². The van der Waals surface area contributed by atoms with Crippen molar-refractivity contribution in [3.05, 3.63) is 29.1 Å². The van der Waals surface area contributed by atoms with Crippen LogP contribution in [-0.4, -0.2) is 6.36 Å². The Morgan fingerprint density at radius 1 is 1.00 bits per heavy atom. The number of fused-ring (bicyclic) bond motifs is 1. The summed E-state index contributed by atoms with van der Waals surface area (Å²) < 4.78 is 54.7. The van der Waals surface area contributed by atoms with Crippen molar-refractivity contribution >= 4 is 0 Å². The van der Waals surface area contributed by atoms with Crippen molar-refractivity contribution in [1.82, 2.24) is 0 Å². The largest absolute Gasteiger partial charge is 0.573 e.